The Balaban J connectivity index is 2.39. The Labute approximate surface area is 109 Å². The largest absolute Gasteiger partial charge is 0.310 e. The topological polar surface area (TPSA) is 12.0 Å². The first kappa shape index (κ1) is 14.0. The van der Waals surface area contributed by atoms with Gasteiger partial charge in [-0.1, -0.05) is 6.07 Å². The van der Waals surface area contributed by atoms with Crippen LogP contribution in [0.2, 0.25) is 0 Å². The van der Waals surface area contributed by atoms with Crippen LogP contribution in [0, 0.1) is 5.82 Å². The lowest BCUT2D eigenvalue weighted by Gasteiger charge is -2.13. The van der Waals surface area contributed by atoms with E-state index in [1.807, 2.05) is 23.9 Å². The molecular weight excluding hydrogens is 289 g/mol. The summed E-state index contributed by atoms with van der Waals surface area (Å²) in [6.07, 6.45) is 3.27. The van der Waals surface area contributed by atoms with E-state index in [1.54, 1.807) is 0 Å². The molecule has 4 heteroatoms. The van der Waals surface area contributed by atoms with E-state index in [1.165, 1.54) is 11.8 Å². The maximum absolute atomic E-state index is 13.0. The number of rotatable bonds is 6. The molecule has 1 aromatic rings. The average Bonchev–Trinajstić information content (AvgIpc) is 2.28. The zero-order valence-corrected chi connectivity index (χ0v) is 12.0. The third-order valence-corrected chi connectivity index (χ3v) is 3.65. The highest BCUT2D eigenvalue weighted by atomic mass is 79.9. The normalized spacial score (nSPS) is 12.8. The standard InChI is InChI=1S/C12H17BrFNS/c1-9(5-6-16-2)15-8-10-3-4-12(14)11(13)7-10/h3-4,7,9,15H,5-6,8H2,1-2H3. The molecule has 1 nitrogen and oxygen atoms in total. The fourth-order valence-corrected chi connectivity index (χ4v) is 2.35. The van der Waals surface area contributed by atoms with Gasteiger partial charge >= 0.3 is 0 Å². The van der Waals surface area contributed by atoms with Crippen LogP contribution >= 0.6 is 27.7 Å². The zero-order chi connectivity index (χ0) is 12.0. The van der Waals surface area contributed by atoms with E-state index in [9.17, 15) is 4.39 Å². The van der Waals surface area contributed by atoms with Gasteiger partial charge in [0, 0.05) is 12.6 Å². The van der Waals surface area contributed by atoms with E-state index in [0.717, 1.165) is 18.5 Å². The Morgan fingerprint density at radius 2 is 2.25 bits per heavy atom. The first-order valence-corrected chi connectivity index (χ1v) is 7.48. The number of hydrogen-bond donors (Lipinski definition) is 1. The van der Waals surface area contributed by atoms with Crippen molar-refractivity contribution in [2.75, 3.05) is 12.0 Å². The van der Waals surface area contributed by atoms with Gasteiger partial charge in [0.1, 0.15) is 5.82 Å². The van der Waals surface area contributed by atoms with E-state index in [4.69, 9.17) is 0 Å². The van der Waals surface area contributed by atoms with E-state index in [-0.39, 0.29) is 5.82 Å². The fourth-order valence-electron chi connectivity index (χ4n) is 1.34. The second-order valence-corrected chi connectivity index (χ2v) is 5.65. The molecule has 0 radical (unpaired) electrons. The first-order valence-electron chi connectivity index (χ1n) is 5.29. The Morgan fingerprint density at radius 1 is 1.50 bits per heavy atom. The number of halogens is 2. The molecule has 1 aromatic carbocycles. The predicted octanol–water partition coefficient (Wildman–Crippen LogP) is 3.82. The minimum absolute atomic E-state index is 0.209. The maximum Gasteiger partial charge on any atom is 0.137 e. The predicted molar refractivity (Wildman–Crippen MR) is 73.4 cm³/mol. The van der Waals surface area contributed by atoms with Crippen molar-refractivity contribution in [3.63, 3.8) is 0 Å². The third-order valence-electron chi connectivity index (χ3n) is 2.39. The summed E-state index contributed by atoms with van der Waals surface area (Å²) in [5.74, 6) is 0.959. The quantitative estimate of drug-likeness (QED) is 0.857. The minimum atomic E-state index is -0.209. The number of benzene rings is 1. The van der Waals surface area contributed by atoms with Gasteiger partial charge in [-0.05, 0) is 59.0 Å². The number of nitrogens with one attached hydrogen (secondary N) is 1. The summed E-state index contributed by atoms with van der Waals surface area (Å²) in [6.45, 7) is 2.96. The molecule has 0 saturated heterocycles. The van der Waals surface area contributed by atoms with Gasteiger partial charge in [-0.3, -0.25) is 0 Å². The van der Waals surface area contributed by atoms with Crippen molar-refractivity contribution in [1.82, 2.24) is 5.32 Å². The van der Waals surface area contributed by atoms with Crippen LogP contribution in [-0.2, 0) is 6.54 Å². The van der Waals surface area contributed by atoms with Gasteiger partial charge in [0.2, 0.25) is 0 Å². The van der Waals surface area contributed by atoms with Crippen LogP contribution in [0.1, 0.15) is 18.9 Å². The van der Waals surface area contributed by atoms with Crippen LogP contribution in [-0.4, -0.2) is 18.1 Å². The summed E-state index contributed by atoms with van der Waals surface area (Å²) in [6, 6.07) is 5.63. The van der Waals surface area contributed by atoms with Crippen LogP contribution in [0.25, 0.3) is 0 Å². The van der Waals surface area contributed by atoms with Crippen molar-refractivity contribution < 1.29 is 4.39 Å². The Morgan fingerprint density at radius 3 is 2.88 bits per heavy atom. The van der Waals surface area contributed by atoms with Crippen molar-refractivity contribution in [2.24, 2.45) is 0 Å². The number of hydrogen-bond acceptors (Lipinski definition) is 2. The average molecular weight is 306 g/mol. The van der Waals surface area contributed by atoms with Gasteiger partial charge in [0.25, 0.3) is 0 Å². The van der Waals surface area contributed by atoms with E-state index >= 15 is 0 Å². The molecule has 0 amide bonds. The van der Waals surface area contributed by atoms with Crippen LogP contribution < -0.4 is 5.32 Å². The summed E-state index contributed by atoms with van der Waals surface area (Å²) in [5.41, 5.74) is 1.10. The monoisotopic (exact) mass is 305 g/mol. The first-order chi connectivity index (χ1) is 7.63. The molecule has 1 N–H and O–H groups in total. The smallest absolute Gasteiger partial charge is 0.137 e. The highest BCUT2D eigenvalue weighted by molar-refractivity contribution is 9.10. The van der Waals surface area contributed by atoms with Crippen LogP contribution in [0.5, 0.6) is 0 Å². The molecule has 0 aromatic heterocycles. The van der Waals surface area contributed by atoms with Gasteiger partial charge in [0.05, 0.1) is 4.47 Å². The summed E-state index contributed by atoms with van der Waals surface area (Å²) in [5, 5.41) is 3.42. The molecule has 0 aliphatic rings. The van der Waals surface area contributed by atoms with Crippen molar-refractivity contribution in [3.8, 4) is 0 Å². The lowest BCUT2D eigenvalue weighted by Crippen LogP contribution is -2.25. The molecule has 1 unspecified atom stereocenters. The molecule has 90 valence electrons. The molecule has 1 atom stereocenters. The SMILES string of the molecule is CSCCC(C)NCc1ccc(F)c(Br)c1. The third kappa shape index (κ3) is 4.85. The molecule has 0 aliphatic carbocycles. The summed E-state index contributed by atoms with van der Waals surface area (Å²) < 4.78 is 13.5. The number of thioether (sulfide) groups is 1. The van der Waals surface area contributed by atoms with E-state index in [0.29, 0.717) is 10.5 Å². The van der Waals surface area contributed by atoms with Gasteiger partial charge in [-0.25, -0.2) is 4.39 Å². The second kappa shape index (κ2) is 7.30. The van der Waals surface area contributed by atoms with E-state index in [2.05, 4.69) is 34.4 Å². The van der Waals surface area contributed by atoms with Crippen LogP contribution in [0.3, 0.4) is 0 Å². The van der Waals surface area contributed by atoms with E-state index < -0.39 is 0 Å². The minimum Gasteiger partial charge on any atom is -0.310 e. The van der Waals surface area contributed by atoms with Crippen LogP contribution in [0.15, 0.2) is 22.7 Å². The lowest BCUT2D eigenvalue weighted by atomic mass is 10.2. The summed E-state index contributed by atoms with van der Waals surface area (Å²) in [4.78, 5) is 0. The summed E-state index contributed by atoms with van der Waals surface area (Å²) in [7, 11) is 0. The fraction of sp³-hybridized carbons (Fsp3) is 0.500. The van der Waals surface area contributed by atoms with Crippen molar-refractivity contribution in [3.05, 3.63) is 34.1 Å². The van der Waals surface area contributed by atoms with Crippen molar-refractivity contribution in [2.45, 2.75) is 25.9 Å². The van der Waals surface area contributed by atoms with Crippen molar-refractivity contribution >= 4 is 27.7 Å². The molecule has 0 spiro atoms. The molecule has 0 aliphatic heterocycles. The Kier molecular flexibility index (Phi) is 6.39. The Bertz CT molecular complexity index is 333. The molecule has 16 heavy (non-hydrogen) atoms. The Hall–Kier alpha value is -0.0600. The van der Waals surface area contributed by atoms with Gasteiger partial charge in [0.15, 0.2) is 0 Å². The van der Waals surface area contributed by atoms with Gasteiger partial charge < -0.3 is 5.32 Å². The molecule has 0 heterocycles. The van der Waals surface area contributed by atoms with Gasteiger partial charge in [-0.2, -0.15) is 11.8 Å². The highest BCUT2D eigenvalue weighted by Crippen LogP contribution is 2.16. The molecule has 1 rings (SSSR count). The highest BCUT2D eigenvalue weighted by Gasteiger charge is 2.03. The molecule has 0 bridgehead atoms. The summed E-state index contributed by atoms with van der Waals surface area (Å²) >= 11 is 5.05. The molecule has 0 fully saturated rings. The van der Waals surface area contributed by atoms with Crippen molar-refractivity contribution in [1.29, 1.82) is 0 Å². The lowest BCUT2D eigenvalue weighted by molar-refractivity contribution is 0.536. The molecular formula is C12H17BrFNS. The van der Waals surface area contributed by atoms with Gasteiger partial charge in [-0.15, -0.1) is 0 Å². The molecule has 0 saturated carbocycles. The second-order valence-electron chi connectivity index (χ2n) is 3.81. The zero-order valence-electron chi connectivity index (χ0n) is 9.59. The van der Waals surface area contributed by atoms with Crippen LogP contribution in [0.4, 0.5) is 4.39 Å². The maximum atomic E-state index is 13.0.